The van der Waals surface area contributed by atoms with Crippen LogP contribution in [0.3, 0.4) is 0 Å². The second-order valence-corrected chi connectivity index (χ2v) is 4.64. The molecule has 110 valence electrons. The number of urea groups is 1. The van der Waals surface area contributed by atoms with Gasteiger partial charge in [-0.2, -0.15) is 0 Å². The molecule has 0 fully saturated rings. The summed E-state index contributed by atoms with van der Waals surface area (Å²) in [6.45, 7) is 3.79. The number of carbonyl (C=O) groups excluding carboxylic acids is 1. The van der Waals surface area contributed by atoms with Crippen molar-refractivity contribution in [2.45, 2.75) is 19.9 Å². The van der Waals surface area contributed by atoms with E-state index in [9.17, 15) is 9.59 Å². The smallest absolute Gasteiger partial charge is 0.328 e. The van der Waals surface area contributed by atoms with E-state index in [0.29, 0.717) is 0 Å². The number of methoxy groups -OCH3 is 1. The van der Waals surface area contributed by atoms with Crippen LogP contribution in [0.1, 0.15) is 11.1 Å². The zero-order valence-corrected chi connectivity index (χ0v) is 12.1. The highest BCUT2D eigenvalue weighted by Gasteiger charge is 2.22. The SMILES string of the molecule is COCC(NC(=O)N(C)c1ccc(C)cc1C)C(=O)O. The molecule has 0 bridgehead atoms. The zero-order valence-electron chi connectivity index (χ0n) is 12.1. The van der Waals surface area contributed by atoms with Gasteiger partial charge in [-0.15, -0.1) is 0 Å². The zero-order chi connectivity index (χ0) is 15.3. The molecule has 20 heavy (non-hydrogen) atoms. The van der Waals surface area contributed by atoms with Crippen molar-refractivity contribution in [3.05, 3.63) is 29.3 Å². The summed E-state index contributed by atoms with van der Waals surface area (Å²) in [4.78, 5) is 24.4. The van der Waals surface area contributed by atoms with Crippen LogP contribution < -0.4 is 10.2 Å². The minimum Gasteiger partial charge on any atom is -0.480 e. The lowest BCUT2D eigenvalue weighted by molar-refractivity contribution is -0.140. The quantitative estimate of drug-likeness (QED) is 0.857. The highest BCUT2D eigenvalue weighted by molar-refractivity contribution is 5.94. The molecule has 2 N–H and O–H groups in total. The van der Waals surface area contributed by atoms with E-state index < -0.39 is 18.0 Å². The van der Waals surface area contributed by atoms with E-state index in [1.807, 2.05) is 32.0 Å². The number of benzene rings is 1. The largest absolute Gasteiger partial charge is 0.480 e. The Balaban J connectivity index is 2.83. The first-order valence-corrected chi connectivity index (χ1v) is 6.20. The van der Waals surface area contributed by atoms with Crippen LogP contribution in [0.5, 0.6) is 0 Å². The van der Waals surface area contributed by atoms with Gasteiger partial charge in [-0.1, -0.05) is 17.7 Å². The van der Waals surface area contributed by atoms with Crippen LogP contribution in [0.2, 0.25) is 0 Å². The number of aliphatic carboxylic acids is 1. The molecular weight excluding hydrogens is 260 g/mol. The average molecular weight is 280 g/mol. The van der Waals surface area contributed by atoms with Crippen LogP contribution in [-0.4, -0.2) is 43.9 Å². The van der Waals surface area contributed by atoms with Crippen LogP contribution >= 0.6 is 0 Å². The number of anilines is 1. The molecule has 0 aliphatic rings. The standard InChI is InChI=1S/C14H20N2O4/c1-9-5-6-12(10(2)7-9)16(3)14(19)15-11(8-20-4)13(17)18/h5-7,11H,8H2,1-4H3,(H,15,19)(H,17,18). The summed E-state index contributed by atoms with van der Waals surface area (Å²) in [6.07, 6.45) is 0. The Hall–Kier alpha value is -2.08. The average Bonchev–Trinajstić information content (AvgIpc) is 2.37. The maximum Gasteiger partial charge on any atom is 0.328 e. The van der Waals surface area contributed by atoms with Crippen molar-refractivity contribution >= 4 is 17.7 Å². The van der Waals surface area contributed by atoms with Crippen molar-refractivity contribution in [2.24, 2.45) is 0 Å². The number of aryl methyl sites for hydroxylation is 2. The molecule has 2 amide bonds. The van der Waals surface area contributed by atoms with E-state index in [1.54, 1.807) is 7.05 Å². The van der Waals surface area contributed by atoms with Gasteiger partial charge in [0.15, 0.2) is 6.04 Å². The van der Waals surface area contributed by atoms with Crippen molar-refractivity contribution in [1.29, 1.82) is 0 Å². The normalized spacial score (nSPS) is 11.8. The lowest BCUT2D eigenvalue weighted by Crippen LogP contribution is -2.49. The van der Waals surface area contributed by atoms with E-state index in [2.05, 4.69) is 5.32 Å². The second kappa shape index (κ2) is 6.91. The number of carbonyl (C=O) groups is 2. The number of hydrogen-bond donors (Lipinski definition) is 2. The summed E-state index contributed by atoms with van der Waals surface area (Å²) in [7, 11) is 2.98. The van der Waals surface area contributed by atoms with Crippen LogP contribution in [0, 0.1) is 13.8 Å². The van der Waals surface area contributed by atoms with E-state index >= 15 is 0 Å². The molecular formula is C14H20N2O4. The predicted molar refractivity (Wildman–Crippen MR) is 76.2 cm³/mol. The van der Waals surface area contributed by atoms with Gasteiger partial charge in [-0.3, -0.25) is 4.90 Å². The maximum atomic E-state index is 12.1. The van der Waals surface area contributed by atoms with E-state index in [-0.39, 0.29) is 6.61 Å². The first kappa shape index (κ1) is 16.0. The maximum absolute atomic E-state index is 12.1. The number of rotatable bonds is 5. The van der Waals surface area contributed by atoms with Crippen LogP contribution in [0.15, 0.2) is 18.2 Å². The molecule has 1 aromatic rings. The van der Waals surface area contributed by atoms with Gasteiger partial charge in [0.1, 0.15) is 0 Å². The lowest BCUT2D eigenvalue weighted by atomic mass is 10.1. The lowest BCUT2D eigenvalue weighted by Gasteiger charge is -2.22. The second-order valence-electron chi connectivity index (χ2n) is 4.64. The van der Waals surface area contributed by atoms with Crippen LogP contribution in [0.4, 0.5) is 10.5 Å². The number of hydrogen-bond acceptors (Lipinski definition) is 3. The first-order chi connectivity index (χ1) is 9.36. The minimum absolute atomic E-state index is 0.0816. The van der Waals surface area contributed by atoms with Gasteiger partial charge in [0, 0.05) is 19.8 Å². The third kappa shape index (κ3) is 3.96. The number of ether oxygens (including phenoxy) is 1. The molecule has 1 unspecified atom stereocenters. The molecule has 0 aromatic heterocycles. The summed E-state index contributed by atoms with van der Waals surface area (Å²) >= 11 is 0. The summed E-state index contributed by atoms with van der Waals surface area (Å²) in [5.41, 5.74) is 2.78. The van der Waals surface area contributed by atoms with Gasteiger partial charge in [0.25, 0.3) is 0 Å². The molecule has 1 aromatic carbocycles. The van der Waals surface area contributed by atoms with Crippen molar-refractivity contribution in [1.82, 2.24) is 5.32 Å². The third-order valence-electron chi connectivity index (χ3n) is 2.95. The minimum atomic E-state index is -1.13. The fraction of sp³-hybridized carbons (Fsp3) is 0.429. The molecule has 1 atom stereocenters. The van der Waals surface area contributed by atoms with Crippen LogP contribution in [-0.2, 0) is 9.53 Å². The van der Waals surface area contributed by atoms with Gasteiger partial charge in [-0.05, 0) is 25.5 Å². The van der Waals surface area contributed by atoms with Gasteiger partial charge >= 0.3 is 12.0 Å². The highest BCUT2D eigenvalue weighted by atomic mass is 16.5. The summed E-state index contributed by atoms with van der Waals surface area (Å²) < 4.78 is 4.78. The van der Waals surface area contributed by atoms with Gasteiger partial charge in [-0.25, -0.2) is 9.59 Å². The van der Waals surface area contributed by atoms with E-state index in [1.165, 1.54) is 12.0 Å². The van der Waals surface area contributed by atoms with Gasteiger partial charge in [0.2, 0.25) is 0 Å². The van der Waals surface area contributed by atoms with E-state index in [0.717, 1.165) is 16.8 Å². The number of carboxylic acids is 1. The molecule has 0 heterocycles. The summed E-state index contributed by atoms with van der Waals surface area (Å²) in [6, 6.07) is 4.14. The molecule has 0 saturated heterocycles. The fourth-order valence-electron chi connectivity index (χ4n) is 1.88. The molecule has 6 nitrogen and oxygen atoms in total. The Morgan fingerprint density at radius 1 is 1.40 bits per heavy atom. The first-order valence-electron chi connectivity index (χ1n) is 6.20. The fourth-order valence-corrected chi connectivity index (χ4v) is 1.88. The van der Waals surface area contributed by atoms with Crippen molar-refractivity contribution in [3.8, 4) is 0 Å². The van der Waals surface area contributed by atoms with Crippen molar-refractivity contribution < 1.29 is 19.4 Å². The number of carboxylic acid groups (broad SMARTS) is 1. The number of nitrogens with one attached hydrogen (secondary N) is 1. The predicted octanol–water partition coefficient (Wildman–Crippen LogP) is 1.55. The molecule has 0 saturated carbocycles. The number of amides is 2. The van der Waals surface area contributed by atoms with Gasteiger partial charge < -0.3 is 15.2 Å². The highest BCUT2D eigenvalue weighted by Crippen LogP contribution is 2.19. The monoisotopic (exact) mass is 280 g/mol. The third-order valence-corrected chi connectivity index (χ3v) is 2.95. The molecule has 0 radical (unpaired) electrons. The Morgan fingerprint density at radius 3 is 2.55 bits per heavy atom. The Labute approximate surface area is 118 Å². The Morgan fingerprint density at radius 2 is 2.05 bits per heavy atom. The van der Waals surface area contributed by atoms with Gasteiger partial charge in [0.05, 0.1) is 6.61 Å². The van der Waals surface area contributed by atoms with Crippen molar-refractivity contribution in [3.63, 3.8) is 0 Å². The Bertz CT molecular complexity index is 502. The van der Waals surface area contributed by atoms with E-state index in [4.69, 9.17) is 9.84 Å². The topological polar surface area (TPSA) is 78.9 Å². The summed E-state index contributed by atoms with van der Waals surface area (Å²) in [5.74, 6) is -1.13. The molecule has 0 spiro atoms. The summed E-state index contributed by atoms with van der Waals surface area (Å²) in [5, 5.41) is 11.4. The Kier molecular flexibility index (Phi) is 5.52. The molecule has 0 aliphatic carbocycles. The molecule has 6 heteroatoms. The van der Waals surface area contributed by atoms with Crippen molar-refractivity contribution in [2.75, 3.05) is 25.7 Å². The molecule has 0 aliphatic heterocycles. The number of nitrogens with zero attached hydrogens (tertiary/aromatic N) is 1. The molecule has 1 rings (SSSR count). The van der Waals surface area contributed by atoms with Crippen LogP contribution in [0.25, 0.3) is 0 Å².